The van der Waals surface area contributed by atoms with E-state index >= 15 is 0 Å². The van der Waals surface area contributed by atoms with Gasteiger partial charge < -0.3 is 9.64 Å². The number of carbonyl (C=O) groups excluding carboxylic acids is 1. The molecular formula is C21H21ClN2O2. The zero-order valence-electron chi connectivity index (χ0n) is 14.6. The zero-order chi connectivity index (χ0) is 17.8. The Morgan fingerprint density at radius 2 is 1.96 bits per heavy atom. The predicted molar refractivity (Wildman–Crippen MR) is 98.9 cm³/mol. The molecule has 1 aromatic carbocycles. The monoisotopic (exact) mass is 368 g/mol. The van der Waals surface area contributed by atoms with Gasteiger partial charge in [0.05, 0.1) is 24.3 Å². The number of amides is 1. The summed E-state index contributed by atoms with van der Waals surface area (Å²) in [5.41, 5.74) is 2.51. The Balaban J connectivity index is 1.43. The Kier molecular flexibility index (Phi) is 3.63. The van der Waals surface area contributed by atoms with Crippen LogP contribution in [0.2, 0.25) is 5.02 Å². The quantitative estimate of drug-likeness (QED) is 0.809. The number of fused-ring (bicyclic) bond motifs is 2. The number of carbonyl (C=O) groups is 1. The van der Waals surface area contributed by atoms with Crippen LogP contribution in [0.3, 0.4) is 0 Å². The third kappa shape index (κ3) is 2.25. The highest BCUT2D eigenvalue weighted by Crippen LogP contribution is 2.48. The highest BCUT2D eigenvalue weighted by molar-refractivity contribution is 6.30. The first kappa shape index (κ1) is 16.3. The topological polar surface area (TPSA) is 42.4 Å². The molecule has 1 aromatic heterocycles. The van der Waals surface area contributed by atoms with E-state index in [0.29, 0.717) is 18.2 Å². The van der Waals surface area contributed by atoms with Crippen LogP contribution in [0.15, 0.2) is 42.6 Å². The number of hydrogen-bond donors (Lipinski definition) is 0. The Bertz CT molecular complexity index is 863. The molecular weight excluding hydrogens is 348 g/mol. The van der Waals surface area contributed by atoms with Gasteiger partial charge in [-0.1, -0.05) is 36.2 Å². The Morgan fingerprint density at radius 3 is 2.69 bits per heavy atom. The summed E-state index contributed by atoms with van der Waals surface area (Å²) in [6.07, 6.45) is 5.57. The van der Waals surface area contributed by atoms with E-state index in [-0.39, 0.29) is 16.9 Å². The Morgan fingerprint density at radius 1 is 1.15 bits per heavy atom. The summed E-state index contributed by atoms with van der Waals surface area (Å²) >= 11 is 6.04. The molecule has 5 heteroatoms. The van der Waals surface area contributed by atoms with Crippen LogP contribution in [0, 0.1) is 0 Å². The van der Waals surface area contributed by atoms with Crippen LogP contribution in [0.4, 0.5) is 0 Å². The van der Waals surface area contributed by atoms with Crippen LogP contribution in [-0.4, -0.2) is 28.9 Å². The third-order valence-electron chi connectivity index (χ3n) is 6.40. The molecule has 1 atom stereocenters. The van der Waals surface area contributed by atoms with E-state index in [0.717, 1.165) is 49.0 Å². The zero-order valence-corrected chi connectivity index (χ0v) is 15.3. The molecule has 1 amide bonds. The number of rotatable bonds is 2. The van der Waals surface area contributed by atoms with Crippen LogP contribution in [0.5, 0.6) is 0 Å². The van der Waals surface area contributed by atoms with Crippen molar-refractivity contribution in [3.63, 3.8) is 0 Å². The van der Waals surface area contributed by atoms with Gasteiger partial charge in [0.25, 0.3) is 0 Å². The van der Waals surface area contributed by atoms with E-state index in [1.807, 2.05) is 41.4 Å². The second-order valence-corrected chi connectivity index (χ2v) is 8.14. The minimum Gasteiger partial charge on any atom is -0.362 e. The maximum Gasteiger partial charge on any atom is 0.233 e. The van der Waals surface area contributed by atoms with Gasteiger partial charge in [0.15, 0.2) is 0 Å². The van der Waals surface area contributed by atoms with Crippen LogP contribution in [-0.2, 0) is 27.2 Å². The number of likely N-dealkylation sites (tertiary alicyclic amines) is 1. The van der Waals surface area contributed by atoms with Crippen molar-refractivity contribution in [2.45, 2.75) is 43.3 Å². The molecule has 1 unspecified atom stereocenters. The number of benzene rings is 1. The van der Waals surface area contributed by atoms with E-state index in [9.17, 15) is 4.79 Å². The Hall–Kier alpha value is -1.91. The van der Waals surface area contributed by atoms with Crippen molar-refractivity contribution in [1.82, 2.24) is 9.88 Å². The van der Waals surface area contributed by atoms with Gasteiger partial charge in [0.2, 0.25) is 5.91 Å². The maximum absolute atomic E-state index is 13.5. The predicted octanol–water partition coefficient (Wildman–Crippen LogP) is 3.81. The van der Waals surface area contributed by atoms with Crippen molar-refractivity contribution < 1.29 is 9.53 Å². The molecule has 1 saturated carbocycles. The SMILES string of the molecule is O=C(N1CCC2(C1)OCc1ncccc12)C1(c2ccc(Cl)cc2)CCC1. The van der Waals surface area contributed by atoms with E-state index in [1.165, 1.54) is 0 Å². The lowest BCUT2D eigenvalue weighted by Gasteiger charge is -2.43. The average molecular weight is 369 g/mol. The number of halogens is 1. The molecule has 3 heterocycles. The number of aromatic nitrogens is 1. The molecule has 0 bridgehead atoms. The first-order chi connectivity index (χ1) is 12.6. The molecule has 26 heavy (non-hydrogen) atoms. The fourth-order valence-electron chi connectivity index (χ4n) is 4.77. The molecule has 3 aliphatic rings. The van der Waals surface area contributed by atoms with Gasteiger partial charge in [0.1, 0.15) is 5.60 Å². The van der Waals surface area contributed by atoms with Crippen LogP contribution < -0.4 is 0 Å². The van der Waals surface area contributed by atoms with Crippen molar-refractivity contribution in [1.29, 1.82) is 0 Å². The van der Waals surface area contributed by atoms with Crippen molar-refractivity contribution in [3.8, 4) is 0 Å². The number of pyridine rings is 1. The van der Waals surface area contributed by atoms with E-state index in [1.54, 1.807) is 0 Å². The number of ether oxygens (including phenoxy) is 1. The highest BCUT2D eigenvalue weighted by Gasteiger charge is 2.53. The fourth-order valence-corrected chi connectivity index (χ4v) is 4.90. The lowest BCUT2D eigenvalue weighted by Crippen LogP contribution is -2.51. The summed E-state index contributed by atoms with van der Waals surface area (Å²) in [5.74, 6) is 0.240. The number of hydrogen-bond acceptors (Lipinski definition) is 3. The Labute approximate surface area is 158 Å². The van der Waals surface area contributed by atoms with Gasteiger partial charge in [-0.15, -0.1) is 0 Å². The molecule has 134 valence electrons. The molecule has 4 nitrogen and oxygen atoms in total. The van der Waals surface area contributed by atoms with Crippen molar-refractivity contribution in [3.05, 3.63) is 64.4 Å². The van der Waals surface area contributed by atoms with Gasteiger partial charge in [-0.25, -0.2) is 0 Å². The third-order valence-corrected chi connectivity index (χ3v) is 6.65. The number of nitrogens with zero attached hydrogens (tertiary/aromatic N) is 2. The lowest BCUT2D eigenvalue weighted by molar-refractivity contribution is -0.141. The molecule has 1 saturated heterocycles. The molecule has 1 aliphatic carbocycles. The molecule has 0 radical (unpaired) electrons. The smallest absolute Gasteiger partial charge is 0.233 e. The highest BCUT2D eigenvalue weighted by atomic mass is 35.5. The van der Waals surface area contributed by atoms with E-state index in [4.69, 9.17) is 16.3 Å². The van der Waals surface area contributed by atoms with E-state index < -0.39 is 0 Å². The molecule has 2 aromatic rings. The van der Waals surface area contributed by atoms with Gasteiger partial charge in [-0.3, -0.25) is 9.78 Å². The maximum atomic E-state index is 13.5. The molecule has 5 rings (SSSR count). The van der Waals surface area contributed by atoms with Crippen LogP contribution in [0.1, 0.15) is 42.5 Å². The molecule has 1 spiro atoms. The summed E-state index contributed by atoms with van der Waals surface area (Å²) in [6.45, 7) is 1.91. The van der Waals surface area contributed by atoms with Gasteiger partial charge >= 0.3 is 0 Å². The first-order valence-corrected chi connectivity index (χ1v) is 9.65. The lowest BCUT2D eigenvalue weighted by atomic mass is 9.63. The van der Waals surface area contributed by atoms with E-state index in [2.05, 4.69) is 11.1 Å². The second-order valence-electron chi connectivity index (χ2n) is 7.70. The van der Waals surface area contributed by atoms with Crippen LogP contribution in [0.25, 0.3) is 0 Å². The molecule has 2 aliphatic heterocycles. The van der Waals surface area contributed by atoms with Gasteiger partial charge in [-0.2, -0.15) is 0 Å². The minimum absolute atomic E-state index is 0.240. The fraction of sp³-hybridized carbons (Fsp3) is 0.429. The van der Waals surface area contributed by atoms with Crippen molar-refractivity contribution in [2.24, 2.45) is 0 Å². The second kappa shape index (κ2) is 5.80. The summed E-state index contributed by atoms with van der Waals surface area (Å²) in [4.78, 5) is 20.0. The minimum atomic E-state index is -0.382. The molecule has 0 N–H and O–H groups in total. The van der Waals surface area contributed by atoms with Gasteiger partial charge in [-0.05, 0) is 36.6 Å². The van der Waals surface area contributed by atoms with Crippen molar-refractivity contribution >= 4 is 17.5 Å². The van der Waals surface area contributed by atoms with Gasteiger partial charge in [0, 0.05) is 29.7 Å². The normalized spacial score (nSPS) is 26.0. The van der Waals surface area contributed by atoms with Crippen molar-refractivity contribution in [2.75, 3.05) is 13.1 Å². The summed E-state index contributed by atoms with van der Waals surface area (Å²) < 4.78 is 6.16. The first-order valence-electron chi connectivity index (χ1n) is 9.27. The summed E-state index contributed by atoms with van der Waals surface area (Å²) in [6, 6.07) is 11.9. The molecule has 2 fully saturated rings. The standard InChI is InChI=1S/C21H21ClN2O2/c22-16-6-4-15(5-7-16)20(8-2-9-20)19(25)24-12-10-21(14-24)17-3-1-11-23-18(17)13-26-21/h1,3-7,11H,2,8-10,12-14H2. The largest absolute Gasteiger partial charge is 0.362 e. The summed E-state index contributed by atoms with van der Waals surface area (Å²) in [5, 5.41) is 0.708. The van der Waals surface area contributed by atoms with Crippen LogP contribution >= 0.6 is 11.6 Å². The summed E-state index contributed by atoms with van der Waals surface area (Å²) in [7, 11) is 0. The average Bonchev–Trinajstić information content (AvgIpc) is 3.22.